The van der Waals surface area contributed by atoms with Gasteiger partial charge in [-0.25, -0.2) is 0 Å². The summed E-state index contributed by atoms with van der Waals surface area (Å²) in [6.45, 7) is 0. The van der Waals surface area contributed by atoms with Crippen LogP contribution in [0.15, 0.2) is 24.5 Å². The summed E-state index contributed by atoms with van der Waals surface area (Å²) in [5.74, 6) is -0.239. The largest absolute Gasteiger partial charge is 0.286 e. The molecular formula is C7H9FeNO3S. The van der Waals surface area contributed by atoms with Gasteiger partial charge in [0.05, 0.1) is 5.75 Å². The number of hydrogen-bond donors (Lipinski definition) is 1. The number of rotatable bonds is 3. The number of hydrogen-bond acceptors (Lipinski definition) is 3. The molecule has 1 heterocycles. The number of pyridine rings is 1. The van der Waals surface area contributed by atoms with Crippen molar-refractivity contribution in [3.63, 3.8) is 0 Å². The van der Waals surface area contributed by atoms with Gasteiger partial charge in [-0.1, -0.05) is 0 Å². The molecule has 0 fully saturated rings. The molecule has 0 aliphatic carbocycles. The van der Waals surface area contributed by atoms with E-state index < -0.39 is 10.1 Å². The van der Waals surface area contributed by atoms with Crippen molar-refractivity contribution in [1.29, 1.82) is 0 Å². The molecule has 0 aliphatic rings. The Bertz CT molecular complexity index is 338. The summed E-state index contributed by atoms with van der Waals surface area (Å²) in [5, 5.41) is 0. The molecule has 4 nitrogen and oxygen atoms in total. The van der Waals surface area contributed by atoms with Gasteiger partial charge >= 0.3 is 0 Å². The summed E-state index contributed by atoms with van der Waals surface area (Å²) in [6.07, 6.45) is 3.49. The average Bonchev–Trinajstić information content (AvgIpc) is 2.02. The molecule has 0 aromatic carbocycles. The summed E-state index contributed by atoms with van der Waals surface area (Å²) in [6, 6.07) is 3.43. The SMILES string of the molecule is O=S(=O)(O)CCc1ccncc1.[Fe]. The predicted molar refractivity (Wildman–Crippen MR) is 44.4 cm³/mol. The van der Waals surface area contributed by atoms with Gasteiger partial charge in [0, 0.05) is 29.5 Å². The van der Waals surface area contributed by atoms with Crippen LogP contribution in [-0.4, -0.2) is 23.7 Å². The van der Waals surface area contributed by atoms with Crippen molar-refractivity contribution in [3.8, 4) is 0 Å². The normalized spacial score (nSPS) is 10.5. The van der Waals surface area contributed by atoms with Crippen molar-refractivity contribution in [3.05, 3.63) is 30.1 Å². The van der Waals surface area contributed by atoms with Crippen LogP contribution in [0.2, 0.25) is 0 Å². The molecule has 74 valence electrons. The topological polar surface area (TPSA) is 67.3 Å². The van der Waals surface area contributed by atoms with E-state index in [1.807, 2.05) is 0 Å². The number of nitrogens with zero attached hydrogens (tertiary/aromatic N) is 1. The van der Waals surface area contributed by atoms with E-state index in [4.69, 9.17) is 4.55 Å². The predicted octanol–water partition coefficient (Wildman–Crippen LogP) is 0.509. The molecule has 0 unspecified atom stereocenters. The number of aromatic nitrogens is 1. The van der Waals surface area contributed by atoms with Crippen LogP contribution >= 0.6 is 0 Å². The molecule has 1 aromatic heterocycles. The molecule has 0 spiro atoms. The van der Waals surface area contributed by atoms with E-state index in [9.17, 15) is 8.42 Å². The summed E-state index contributed by atoms with van der Waals surface area (Å²) in [4.78, 5) is 3.78. The molecule has 1 rings (SSSR count). The maximum absolute atomic E-state index is 10.3. The summed E-state index contributed by atoms with van der Waals surface area (Å²) >= 11 is 0. The second-order valence-corrected chi connectivity index (χ2v) is 3.96. The first kappa shape index (κ1) is 12.6. The molecule has 0 saturated carbocycles. The van der Waals surface area contributed by atoms with Crippen molar-refractivity contribution < 1.29 is 30.0 Å². The van der Waals surface area contributed by atoms with Crippen LogP contribution in [0, 0.1) is 0 Å². The molecule has 0 bridgehead atoms. The fraction of sp³-hybridized carbons (Fsp3) is 0.286. The fourth-order valence-corrected chi connectivity index (χ4v) is 1.29. The first-order chi connectivity index (χ1) is 5.58. The zero-order chi connectivity index (χ0) is 9.03. The van der Waals surface area contributed by atoms with E-state index in [-0.39, 0.29) is 22.8 Å². The monoisotopic (exact) mass is 243 g/mol. The first-order valence-electron chi connectivity index (χ1n) is 3.42. The minimum absolute atomic E-state index is 0. The van der Waals surface area contributed by atoms with E-state index in [1.165, 1.54) is 0 Å². The average molecular weight is 243 g/mol. The summed E-state index contributed by atoms with van der Waals surface area (Å²) in [7, 11) is -3.84. The Kier molecular flexibility index (Phi) is 5.17. The maximum atomic E-state index is 10.3. The fourth-order valence-electron chi connectivity index (χ4n) is 0.796. The molecule has 13 heavy (non-hydrogen) atoms. The van der Waals surface area contributed by atoms with Gasteiger partial charge in [-0.2, -0.15) is 8.42 Å². The zero-order valence-electron chi connectivity index (χ0n) is 6.70. The Morgan fingerprint density at radius 2 is 1.85 bits per heavy atom. The second kappa shape index (κ2) is 5.34. The zero-order valence-corrected chi connectivity index (χ0v) is 8.62. The second-order valence-electron chi connectivity index (χ2n) is 2.39. The van der Waals surface area contributed by atoms with E-state index in [0.717, 1.165) is 5.56 Å². The molecule has 0 atom stereocenters. The van der Waals surface area contributed by atoms with E-state index in [2.05, 4.69) is 4.98 Å². The van der Waals surface area contributed by atoms with Crippen molar-refractivity contribution in [2.45, 2.75) is 6.42 Å². The van der Waals surface area contributed by atoms with Crippen molar-refractivity contribution in [2.24, 2.45) is 0 Å². The quantitative estimate of drug-likeness (QED) is 0.620. The van der Waals surface area contributed by atoms with Crippen LogP contribution in [0.1, 0.15) is 5.56 Å². The van der Waals surface area contributed by atoms with Crippen molar-refractivity contribution in [1.82, 2.24) is 4.98 Å². The van der Waals surface area contributed by atoms with Crippen molar-refractivity contribution >= 4 is 10.1 Å². The van der Waals surface area contributed by atoms with Crippen LogP contribution in [0.5, 0.6) is 0 Å². The minimum Gasteiger partial charge on any atom is -0.286 e. The maximum Gasteiger partial charge on any atom is 0.265 e. The van der Waals surface area contributed by atoms with E-state index in [0.29, 0.717) is 6.42 Å². The summed E-state index contributed by atoms with van der Waals surface area (Å²) < 4.78 is 29.1. The van der Waals surface area contributed by atoms with E-state index >= 15 is 0 Å². The van der Waals surface area contributed by atoms with Gasteiger partial charge in [0.2, 0.25) is 0 Å². The first-order valence-corrected chi connectivity index (χ1v) is 5.03. The molecule has 0 radical (unpaired) electrons. The Balaban J connectivity index is 0.00000144. The third-order valence-corrected chi connectivity index (χ3v) is 2.12. The van der Waals surface area contributed by atoms with Crippen LogP contribution in [0.3, 0.4) is 0 Å². The van der Waals surface area contributed by atoms with Gasteiger partial charge in [0.15, 0.2) is 0 Å². The molecular weight excluding hydrogens is 234 g/mol. The van der Waals surface area contributed by atoms with E-state index in [1.54, 1.807) is 24.5 Å². The Morgan fingerprint density at radius 3 is 2.31 bits per heavy atom. The van der Waals surface area contributed by atoms with Gasteiger partial charge in [-0.3, -0.25) is 9.54 Å². The van der Waals surface area contributed by atoms with Gasteiger partial charge in [0.1, 0.15) is 0 Å². The Hall–Kier alpha value is -0.421. The third kappa shape index (κ3) is 5.76. The standard InChI is InChI=1S/C7H9NO3S.Fe/c9-12(10,11)6-3-7-1-4-8-5-2-7;/h1-2,4-5H,3,6H2,(H,9,10,11);. The molecule has 0 amide bonds. The summed E-state index contributed by atoms with van der Waals surface area (Å²) in [5.41, 5.74) is 0.850. The Labute approximate surface area is 87.6 Å². The minimum atomic E-state index is -3.84. The van der Waals surface area contributed by atoms with Gasteiger partial charge in [0.25, 0.3) is 10.1 Å². The molecule has 1 N–H and O–H groups in total. The molecule has 0 saturated heterocycles. The molecule has 0 aliphatic heterocycles. The molecule has 6 heteroatoms. The third-order valence-electron chi connectivity index (χ3n) is 1.40. The van der Waals surface area contributed by atoms with Crippen LogP contribution in [-0.2, 0) is 33.6 Å². The van der Waals surface area contributed by atoms with Crippen LogP contribution < -0.4 is 0 Å². The molecule has 1 aromatic rings. The number of aryl methyl sites for hydroxylation is 1. The Morgan fingerprint density at radius 1 is 1.31 bits per heavy atom. The van der Waals surface area contributed by atoms with Gasteiger partial charge in [-0.05, 0) is 24.1 Å². The van der Waals surface area contributed by atoms with Gasteiger partial charge in [-0.15, -0.1) is 0 Å². The van der Waals surface area contributed by atoms with Gasteiger partial charge < -0.3 is 0 Å². The van der Waals surface area contributed by atoms with Crippen molar-refractivity contribution in [2.75, 3.05) is 5.75 Å². The van der Waals surface area contributed by atoms with Crippen LogP contribution in [0.4, 0.5) is 0 Å². The smallest absolute Gasteiger partial charge is 0.265 e. The van der Waals surface area contributed by atoms with Crippen LogP contribution in [0.25, 0.3) is 0 Å².